The highest BCUT2D eigenvalue weighted by Gasteiger charge is 2.46. The number of hydrogen-bond acceptors (Lipinski definition) is 5. The number of nitrogens with zero attached hydrogens (tertiary/aromatic N) is 2. The first kappa shape index (κ1) is 19.3. The van der Waals surface area contributed by atoms with E-state index in [4.69, 9.17) is 11.6 Å². The van der Waals surface area contributed by atoms with E-state index >= 15 is 0 Å². The molecule has 0 bridgehead atoms. The van der Waals surface area contributed by atoms with Gasteiger partial charge < -0.3 is 4.90 Å². The van der Waals surface area contributed by atoms with Crippen LogP contribution in [0.3, 0.4) is 0 Å². The summed E-state index contributed by atoms with van der Waals surface area (Å²) in [6.07, 6.45) is 7.96. The van der Waals surface area contributed by atoms with Crippen molar-refractivity contribution >= 4 is 29.3 Å². The number of carbonyl (C=O) groups is 1. The van der Waals surface area contributed by atoms with Crippen LogP contribution in [0.25, 0.3) is 0 Å². The first-order valence-electron chi connectivity index (χ1n) is 10.3. The lowest BCUT2D eigenvalue weighted by atomic mass is 9.81. The molecule has 4 aliphatic rings. The van der Waals surface area contributed by atoms with Crippen LogP contribution >= 0.6 is 23.4 Å². The molecule has 2 heterocycles. The Hall–Kier alpha value is -0.0100. The fraction of sp³-hybridized carbons (Fsp3) is 0.947. The lowest BCUT2D eigenvalue weighted by Crippen LogP contribution is -2.42. The Bertz CT molecular complexity index is 524. The number of nitrogens with one attached hydrogen (secondary N) is 2. The number of carbonyl (C=O) groups excluding carboxylic acids is 1. The summed E-state index contributed by atoms with van der Waals surface area (Å²) in [6.45, 7) is 4.22. The Morgan fingerprint density at radius 2 is 2.08 bits per heavy atom. The van der Waals surface area contributed by atoms with E-state index in [0.717, 1.165) is 32.5 Å². The normalized spacial score (nSPS) is 42.9. The van der Waals surface area contributed by atoms with Crippen molar-refractivity contribution in [3.05, 3.63) is 0 Å². The van der Waals surface area contributed by atoms with Crippen LogP contribution in [0.15, 0.2) is 0 Å². The lowest BCUT2D eigenvalue weighted by molar-refractivity contribution is -0.134. The van der Waals surface area contributed by atoms with E-state index in [0.29, 0.717) is 34.5 Å². The maximum absolute atomic E-state index is 13.0. The van der Waals surface area contributed by atoms with Crippen LogP contribution in [0.1, 0.15) is 51.9 Å². The van der Waals surface area contributed by atoms with Gasteiger partial charge in [-0.05, 0) is 57.4 Å². The van der Waals surface area contributed by atoms with Gasteiger partial charge in [0.15, 0.2) is 0 Å². The Morgan fingerprint density at radius 1 is 1.23 bits per heavy atom. The monoisotopic (exact) mass is 400 g/mol. The summed E-state index contributed by atoms with van der Waals surface area (Å²) in [5.74, 6) is 1.91. The number of fused-ring (bicyclic) bond motifs is 1. The molecule has 1 amide bonds. The third-order valence-corrected chi connectivity index (χ3v) is 8.99. The van der Waals surface area contributed by atoms with Gasteiger partial charge in [-0.15, -0.1) is 23.4 Å². The molecular weight excluding hydrogens is 368 g/mol. The van der Waals surface area contributed by atoms with Gasteiger partial charge in [-0.2, -0.15) is 0 Å². The average Bonchev–Trinajstić information content (AvgIpc) is 3.18. The molecule has 0 aromatic heterocycles. The predicted molar refractivity (Wildman–Crippen MR) is 108 cm³/mol. The number of thioether (sulfide) groups is 1. The SMILES string of the molecule is C[C@H](SC1NNCN1C)C1CCCC(N2CC3CC(Cl)CCC3C2=O)C1. The number of alkyl halides is 1. The number of hydrogen-bond donors (Lipinski definition) is 2. The van der Waals surface area contributed by atoms with Crippen molar-refractivity contribution in [2.45, 2.75) is 74.0 Å². The molecule has 0 aromatic carbocycles. The lowest BCUT2D eigenvalue weighted by Gasteiger charge is -2.38. The van der Waals surface area contributed by atoms with Gasteiger partial charge >= 0.3 is 0 Å². The van der Waals surface area contributed by atoms with Crippen LogP contribution in [0.5, 0.6) is 0 Å². The Morgan fingerprint density at radius 3 is 2.85 bits per heavy atom. The minimum Gasteiger partial charge on any atom is -0.339 e. The molecule has 0 aromatic rings. The van der Waals surface area contributed by atoms with Crippen LogP contribution < -0.4 is 10.9 Å². The van der Waals surface area contributed by atoms with Gasteiger partial charge in [0.1, 0.15) is 5.50 Å². The maximum Gasteiger partial charge on any atom is 0.226 e. The molecule has 4 fully saturated rings. The zero-order valence-electron chi connectivity index (χ0n) is 16.0. The summed E-state index contributed by atoms with van der Waals surface area (Å²) >= 11 is 8.39. The van der Waals surface area contributed by atoms with Crippen LogP contribution in [-0.2, 0) is 4.79 Å². The Balaban J connectivity index is 1.35. The van der Waals surface area contributed by atoms with Crippen molar-refractivity contribution < 1.29 is 4.79 Å². The van der Waals surface area contributed by atoms with E-state index in [1.807, 2.05) is 11.8 Å². The zero-order chi connectivity index (χ0) is 18.3. The fourth-order valence-electron chi connectivity index (χ4n) is 5.43. The Kier molecular flexibility index (Phi) is 6.06. The quantitative estimate of drug-likeness (QED) is 0.710. The number of halogens is 1. The summed E-state index contributed by atoms with van der Waals surface area (Å²) in [5, 5.41) is 0.883. The van der Waals surface area contributed by atoms with Crippen LogP contribution in [0.2, 0.25) is 0 Å². The third-order valence-electron chi connectivity index (χ3n) is 7.04. The number of hydrazine groups is 1. The van der Waals surface area contributed by atoms with Gasteiger partial charge in [0.2, 0.25) is 5.91 Å². The van der Waals surface area contributed by atoms with Gasteiger partial charge in [-0.1, -0.05) is 13.3 Å². The van der Waals surface area contributed by atoms with E-state index in [9.17, 15) is 4.79 Å². The molecule has 2 aliphatic carbocycles. The first-order chi connectivity index (χ1) is 12.5. The molecule has 6 unspecified atom stereocenters. The second kappa shape index (κ2) is 8.16. The highest BCUT2D eigenvalue weighted by atomic mass is 35.5. The largest absolute Gasteiger partial charge is 0.339 e. The van der Waals surface area contributed by atoms with E-state index in [-0.39, 0.29) is 11.3 Å². The van der Waals surface area contributed by atoms with E-state index in [2.05, 4.69) is 34.6 Å². The summed E-state index contributed by atoms with van der Waals surface area (Å²) < 4.78 is 0. The molecule has 2 saturated carbocycles. The van der Waals surface area contributed by atoms with Crippen molar-refractivity contribution in [3.8, 4) is 0 Å². The molecule has 26 heavy (non-hydrogen) atoms. The molecule has 0 radical (unpaired) electrons. The topological polar surface area (TPSA) is 47.6 Å². The molecule has 5 nitrogen and oxygen atoms in total. The fourth-order valence-corrected chi connectivity index (χ4v) is 7.10. The highest BCUT2D eigenvalue weighted by Crippen LogP contribution is 2.43. The summed E-state index contributed by atoms with van der Waals surface area (Å²) in [6, 6.07) is 0.455. The molecule has 2 aliphatic heterocycles. The number of likely N-dealkylation sites (tertiary alicyclic amines) is 1. The van der Waals surface area contributed by atoms with Crippen molar-refractivity contribution in [1.29, 1.82) is 0 Å². The minimum atomic E-state index is 0.264. The third kappa shape index (κ3) is 3.90. The van der Waals surface area contributed by atoms with Gasteiger partial charge in [0.25, 0.3) is 0 Å². The summed E-state index contributed by atoms with van der Waals surface area (Å²) in [4.78, 5) is 17.6. The van der Waals surface area contributed by atoms with E-state index < -0.39 is 0 Å². The van der Waals surface area contributed by atoms with E-state index in [1.54, 1.807) is 0 Å². The minimum absolute atomic E-state index is 0.264. The number of rotatable bonds is 4. The van der Waals surface area contributed by atoms with Gasteiger partial charge in [0.05, 0.1) is 6.67 Å². The highest BCUT2D eigenvalue weighted by molar-refractivity contribution is 8.00. The molecule has 7 atom stereocenters. The van der Waals surface area contributed by atoms with Gasteiger partial charge in [-0.25, -0.2) is 10.9 Å². The Labute approximate surface area is 166 Å². The zero-order valence-corrected chi connectivity index (χ0v) is 17.6. The second-order valence-electron chi connectivity index (χ2n) is 8.78. The predicted octanol–water partition coefficient (Wildman–Crippen LogP) is 2.81. The van der Waals surface area contributed by atoms with Gasteiger partial charge in [0, 0.05) is 29.1 Å². The maximum atomic E-state index is 13.0. The van der Waals surface area contributed by atoms with Crippen molar-refractivity contribution in [2.75, 3.05) is 20.3 Å². The molecule has 0 spiro atoms. The van der Waals surface area contributed by atoms with Crippen LogP contribution in [0, 0.1) is 17.8 Å². The molecule has 148 valence electrons. The molecule has 2 N–H and O–H groups in total. The average molecular weight is 401 g/mol. The second-order valence-corrected chi connectivity index (χ2v) is 10.9. The standard InChI is InChI=1S/C19H33ClN4OS/c1-12(26-19-22-21-11-23(19)2)13-4-3-5-16(9-13)24-10-14-8-15(20)6-7-17(14)18(24)25/h12-17,19,21-22H,3-11H2,1-2H3/t12-,13?,14?,15?,16?,17?,19?/m0/s1. The van der Waals surface area contributed by atoms with Crippen molar-refractivity contribution in [1.82, 2.24) is 20.7 Å². The van der Waals surface area contributed by atoms with Gasteiger partial charge in [-0.3, -0.25) is 9.69 Å². The molecule has 4 rings (SSSR count). The van der Waals surface area contributed by atoms with Crippen molar-refractivity contribution in [2.24, 2.45) is 17.8 Å². The van der Waals surface area contributed by atoms with Crippen LogP contribution in [-0.4, -0.2) is 58.1 Å². The van der Waals surface area contributed by atoms with Crippen molar-refractivity contribution in [3.63, 3.8) is 0 Å². The molecule has 2 saturated heterocycles. The van der Waals surface area contributed by atoms with Crippen LogP contribution in [0.4, 0.5) is 0 Å². The smallest absolute Gasteiger partial charge is 0.226 e. The summed E-state index contributed by atoms with van der Waals surface area (Å²) in [7, 11) is 2.15. The molecule has 7 heteroatoms. The molecular formula is C19H33ClN4OS. The first-order valence-corrected chi connectivity index (χ1v) is 11.7. The van der Waals surface area contributed by atoms with E-state index in [1.165, 1.54) is 25.7 Å². The summed E-state index contributed by atoms with van der Waals surface area (Å²) in [5.41, 5.74) is 6.91. The number of amides is 1.